The monoisotopic (exact) mass is 505 g/mol. The third-order valence-corrected chi connectivity index (χ3v) is 7.43. The predicted molar refractivity (Wildman–Crippen MR) is 131 cm³/mol. The summed E-state index contributed by atoms with van der Waals surface area (Å²) in [6.07, 6.45) is 8.02. The van der Waals surface area contributed by atoms with Gasteiger partial charge < -0.3 is 9.32 Å². The third kappa shape index (κ3) is 4.21. The van der Waals surface area contributed by atoms with Crippen LogP contribution < -0.4 is 4.90 Å². The van der Waals surface area contributed by atoms with Crippen molar-refractivity contribution < 1.29 is 18.0 Å². The first-order valence-corrected chi connectivity index (χ1v) is 12.6. The number of hydrogen-bond acceptors (Lipinski definition) is 8. The summed E-state index contributed by atoms with van der Waals surface area (Å²) in [5.74, 6) is -1.89. The zero-order valence-corrected chi connectivity index (χ0v) is 20.0. The van der Waals surface area contributed by atoms with Gasteiger partial charge in [-0.25, -0.2) is 18.7 Å². The van der Waals surface area contributed by atoms with E-state index in [1.165, 1.54) is 17.9 Å². The van der Waals surface area contributed by atoms with Gasteiger partial charge in [0.05, 0.1) is 35.3 Å². The Labute approximate surface area is 209 Å². The second-order valence-corrected chi connectivity index (χ2v) is 9.65. The quantitative estimate of drug-likeness (QED) is 0.341. The number of hydrogen-bond donors (Lipinski definition) is 0. The molecule has 0 N–H and O–H groups in total. The van der Waals surface area contributed by atoms with Gasteiger partial charge >= 0.3 is 0 Å². The number of thiazole rings is 1. The summed E-state index contributed by atoms with van der Waals surface area (Å²) in [4.78, 5) is 33.2. The van der Waals surface area contributed by atoms with Crippen LogP contribution in [0.2, 0.25) is 0 Å². The molecule has 36 heavy (non-hydrogen) atoms. The molecule has 1 aliphatic carbocycles. The molecular weight excluding hydrogens is 484 g/mol. The number of fused-ring (bicyclic) bond motifs is 2. The number of aromatic nitrogens is 4. The molecule has 3 aromatic heterocycles. The van der Waals surface area contributed by atoms with Crippen molar-refractivity contribution in [2.75, 3.05) is 18.0 Å². The number of anilines is 1. The Morgan fingerprint density at radius 1 is 1.11 bits per heavy atom. The average molecular weight is 506 g/mol. The van der Waals surface area contributed by atoms with Crippen molar-refractivity contribution in [3.63, 3.8) is 0 Å². The predicted octanol–water partition coefficient (Wildman–Crippen LogP) is 5.29. The van der Waals surface area contributed by atoms with Crippen LogP contribution in [0.1, 0.15) is 46.7 Å². The molecule has 2 aliphatic rings. The summed E-state index contributed by atoms with van der Waals surface area (Å²) in [7, 11) is 0. The summed E-state index contributed by atoms with van der Waals surface area (Å²) in [6.45, 7) is 1.52. The summed E-state index contributed by atoms with van der Waals surface area (Å²) < 4.78 is 33.5. The summed E-state index contributed by atoms with van der Waals surface area (Å²) in [5, 5.41) is 2.83. The highest BCUT2D eigenvalue weighted by atomic mass is 32.1. The van der Waals surface area contributed by atoms with Crippen molar-refractivity contribution in [2.24, 2.45) is 0 Å². The van der Waals surface area contributed by atoms with E-state index < -0.39 is 23.0 Å². The van der Waals surface area contributed by atoms with Gasteiger partial charge in [0.1, 0.15) is 23.6 Å². The highest BCUT2D eigenvalue weighted by molar-refractivity contribution is 7.14. The molecule has 7 nitrogen and oxygen atoms in total. The van der Waals surface area contributed by atoms with Gasteiger partial charge in [0, 0.05) is 24.7 Å². The maximum atomic E-state index is 14.1. The van der Waals surface area contributed by atoms with Crippen LogP contribution in [0.15, 0.2) is 52.2 Å². The van der Waals surface area contributed by atoms with E-state index in [2.05, 4.69) is 9.88 Å². The van der Waals surface area contributed by atoms with Crippen molar-refractivity contribution in [2.45, 2.75) is 32.1 Å². The first-order valence-electron chi connectivity index (χ1n) is 11.7. The Morgan fingerprint density at radius 3 is 2.78 bits per heavy atom. The number of rotatable bonds is 5. The molecule has 4 aromatic rings. The lowest BCUT2D eigenvalue weighted by Crippen LogP contribution is -2.31. The SMILES string of the molecule is O=C(Cc1cnc2c(n1)CCCC1=C2CN(c2nc(-c3ncco3)cs2)CC1)c1c(F)cccc1F. The minimum atomic E-state index is -0.868. The van der Waals surface area contributed by atoms with Crippen molar-refractivity contribution in [1.29, 1.82) is 0 Å². The standard InChI is InChI=1S/C26H21F2N5O2S/c27-18-4-2-5-19(28)23(18)22(34)11-16-12-30-24-17-13-33(9-7-15(17)3-1-6-20(24)31-16)26-32-21(14-36-26)25-29-8-10-35-25/h2,4-5,8,10,12,14H,1,3,6-7,9,11,13H2. The number of ketones is 1. The Kier molecular flexibility index (Phi) is 5.88. The van der Waals surface area contributed by atoms with Crippen molar-refractivity contribution in [3.05, 3.63) is 82.1 Å². The molecule has 1 aliphatic heterocycles. The van der Waals surface area contributed by atoms with Crippen molar-refractivity contribution in [1.82, 2.24) is 19.9 Å². The number of benzene rings is 1. The molecule has 0 atom stereocenters. The Hall–Kier alpha value is -3.79. The summed E-state index contributed by atoms with van der Waals surface area (Å²) in [6, 6.07) is 3.40. The maximum Gasteiger partial charge on any atom is 0.245 e. The number of oxazole rings is 1. The second-order valence-electron chi connectivity index (χ2n) is 8.81. The molecule has 6 rings (SSSR count). The topological polar surface area (TPSA) is 85.0 Å². The molecule has 0 saturated carbocycles. The van der Waals surface area contributed by atoms with Gasteiger partial charge in [-0.1, -0.05) is 11.6 Å². The molecular formula is C26H21F2N5O2S. The van der Waals surface area contributed by atoms with Gasteiger partial charge in [-0.2, -0.15) is 0 Å². The van der Waals surface area contributed by atoms with Gasteiger partial charge in [0.15, 0.2) is 10.9 Å². The van der Waals surface area contributed by atoms with E-state index in [0.29, 0.717) is 23.8 Å². The van der Waals surface area contributed by atoms with E-state index in [0.717, 1.165) is 66.5 Å². The van der Waals surface area contributed by atoms with Crippen LogP contribution in [-0.4, -0.2) is 38.8 Å². The lowest BCUT2D eigenvalue weighted by atomic mass is 9.96. The van der Waals surface area contributed by atoms with Crippen LogP contribution in [0.4, 0.5) is 13.9 Å². The molecule has 182 valence electrons. The van der Waals surface area contributed by atoms with E-state index in [9.17, 15) is 13.6 Å². The number of halogens is 2. The zero-order chi connectivity index (χ0) is 24.6. The van der Waals surface area contributed by atoms with Gasteiger partial charge in [-0.15, -0.1) is 11.3 Å². The van der Waals surface area contributed by atoms with Gasteiger partial charge in [0.25, 0.3) is 0 Å². The lowest BCUT2D eigenvalue weighted by Gasteiger charge is -2.30. The molecule has 0 bridgehead atoms. The highest BCUT2D eigenvalue weighted by Gasteiger charge is 2.28. The minimum absolute atomic E-state index is 0.209. The van der Waals surface area contributed by atoms with Gasteiger partial charge in [-0.05, 0) is 43.4 Å². The van der Waals surface area contributed by atoms with E-state index in [-0.39, 0.29) is 6.42 Å². The number of carbonyl (C=O) groups excluding carboxylic acids is 1. The number of nitrogens with zero attached hydrogens (tertiary/aromatic N) is 5. The van der Waals surface area contributed by atoms with Crippen molar-refractivity contribution in [3.8, 4) is 11.6 Å². The molecule has 1 aromatic carbocycles. The molecule has 0 saturated heterocycles. The molecule has 0 fully saturated rings. The van der Waals surface area contributed by atoms with Crippen LogP contribution in [0.25, 0.3) is 17.2 Å². The van der Waals surface area contributed by atoms with Gasteiger partial charge in [-0.3, -0.25) is 14.8 Å². The summed E-state index contributed by atoms with van der Waals surface area (Å²) >= 11 is 1.55. The van der Waals surface area contributed by atoms with Crippen LogP contribution in [0, 0.1) is 11.6 Å². The molecule has 0 radical (unpaired) electrons. The van der Waals surface area contributed by atoms with Crippen molar-refractivity contribution >= 4 is 27.8 Å². The zero-order valence-electron chi connectivity index (χ0n) is 19.2. The average Bonchev–Trinajstić information content (AvgIpc) is 3.54. The van der Waals surface area contributed by atoms with Gasteiger partial charge in [0.2, 0.25) is 5.89 Å². The second kappa shape index (κ2) is 9.34. The Balaban J connectivity index is 1.25. The largest absolute Gasteiger partial charge is 0.443 e. The molecule has 0 unspecified atom stereocenters. The fourth-order valence-electron chi connectivity index (χ4n) is 4.81. The van der Waals surface area contributed by atoms with E-state index in [1.807, 2.05) is 5.38 Å². The molecule has 0 amide bonds. The maximum absolute atomic E-state index is 14.1. The Morgan fingerprint density at radius 2 is 1.97 bits per heavy atom. The molecule has 10 heteroatoms. The molecule has 0 spiro atoms. The van der Waals surface area contributed by atoms with E-state index in [1.54, 1.807) is 23.7 Å². The lowest BCUT2D eigenvalue weighted by molar-refractivity contribution is 0.0983. The normalized spacial score (nSPS) is 15.4. The fourth-order valence-corrected chi connectivity index (χ4v) is 5.63. The first-order chi connectivity index (χ1) is 17.6. The van der Waals surface area contributed by atoms with Crippen LogP contribution >= 0.6 is 11.3 Å². The van der Waals surface area contributed by atoms with E-state index in [4.69, 9.17) is 19.4 Å². The van der Waals surface area contributed by atoms with E-state index >= 15 is 0 Å². The van der Waals surface area contributed by atoms with Crippen LogP contribution in [0.3, 0.4) is 0 Å². The highest BCUT2D eigenvalue weighted by Crippen LogP contribution is 2.37. The number of Topliss-reactive ketones (excluding diaryl/α,β-unsaturated/α-hetero) is 1. The molecule has 4 heterocycles. The Bertz CT molecular complexity index is 1460. The number of carbonyl (C=O) groups is 1. The summed E-state index contributed by atoms with van der Waals surface area (Å²) in [5.41, 5.74) is 4.77. The van der Waals surface area contributed by atoms with Crippen LogP contribution in [0.5, 0.6) is 0 Å². The minimum Gasteiger partial charge on any atom is -0.443 e. The smallest absolute Gasteiger partial charge is 0.245 e. The number of aryl methyl sites for hydroxylation is 1. The first kappa shape index (κ1) is 22.7. The third-order valence-electron chi connectivity index (χ3n) is 6.53. The fraction of sp³-hybridized carbons (Fsp3) is 0.269. The van der Waals surface area contributed by atoms with Crippen LogP contribution in [-0.2, 0) is 12.8 Å².